The van der Waals surface area contributed by atoms with Crippen molar-refractivity contribution in [1.82, 2.24) is 4.98 Å². The molecule has 1 amide bonds. The van der Waals surface area contributed by atoms with Crippen molar-refractivity contribution in [2.45, 2.75) is 19.8 Å². The predicted molar refractivity (Wildman–Crippen MR) is 112 cm³/mol. The van der Waals surface area contributed by atoms with E-state index in [4.69, 9.17) is 4.74 Å². The number of amides is 1. The topological polar surface area (TPSA) is 54.5 Å². The molecule has 3 aromatic rings. The normalized spacial score (nSPS) is 13.0. The van der Waals surface area contributed by atoms with Crippen LogP contribution in [0.15, 0.2) is 67.0 Å². The van der Waals surface area contributed by atoms with Gasteiger partial charge in [0, 0.05) is 24.1 Å². The van der Waals surface area contributed by atoms with Crippen molar-refractivity contribution in [3.8, 4) is 5.75 Å². The summed E-state index contributed by atoms with van der Waals surface area (Å²) in [5.41, 5.74) is 4.49. The highest BCUT2D eigenvalue weighted by Gasteiger charge is 2.23. The molecule has 0 atom stereocenters. The fourth-order valence-corrected chi connectivity index (χ4v) is 3.49. The smallest absolute Gasteiger partial charge is 0.259 e. The summed E-state index contributed by atoms with van der Waals surface area (Å²) in [6.07, 6.45) is 5.33. The van der Waals surface area contributed by atoms with Crippen LogP contribution in [0.1, 0.15) is 29.3 Å². The highest BCUT2D eigenvalue weighted by molar-refractivity contribution is 6.07. The number of aryl methyl sites for hydroxylation is 1. The second kappa shape index (κ2) is 8.13. The van der Waals surface area contributed by atoms with Crippen LogP contribution in [0.2, 0.25) is 0 Å². The van der Waals surface area contributed by atoms with Gasteiger partial charge in [-0.1, -0.05) is 18.2 Å². The van der Waals surface area contributed by atoms with Gasteiger partial charge in [0.15, 0.2) is 0 Å². The summed E-state index contributed by atoms with van der Waals surface area (Å²) in [5, 5.41) is 3.30. The monoisotopic (exact) mass is 373 g/mol. The highest BCUT2D eigenvalue weighted by atomic mass is 16.5. The molecule has 1 aliphatic heterocycles. The molecule has 28 heavy (non-hydrogen) atoms. The first-order chi connectivity index (χ1) is 13.7. The van der Waals surface area contributed by atoms with Gasteiger partial charge in [-0.05, 0) is 61.7 Å². The third-order valence-corrected chi connectivity index (χ3v) is 4.79. The van der Waals surface area contributed by atoms with E-state index in [1.807, 2.05) is 60.4 Å². The number of anilines is 3. The molecule has 0 saturated carbocycles. The lowest BCUT2D eigenvalue weighted by Crippen LogP contribution is -2.35. The summed E-state index contributed by atoms with van der Waals surface area (Å²) in [7, 11) is 0. The zero-order chi connectivity index (χ0) is 19.3. The number of hydrogen-bond acceptors (Lipinski definition) is 4. The largest absolute Gasteiger partial charge is 0.494 e. The molecule has 4 rings (SSSR count). The van der Waals surface area contributed by atoms with Crippen LogP contribution in [0, 0.1) is 0 Å². The van der Waals surface area contributed by atoms with Gasteiger partial charge in [-0.25, -0.2) is 0 Å². The third-order valence-electron chi connectivity index (χ3n) is 4.79. The minimum atomic E-state index is -0.0185. The number of carbonyl (C=O) groups excluding carboxylic acids is 1. The van der Waals surface area contributed by atoms with Crippen molar-refractivity contribution in [3.63, 3.8) is 0 Å². The Morgan fingerprint density at radius 3 is 2.75 bits per heavy atom. The van der Waals surface area contributed by atoms with Gasteiger partial charge >= 0.3 is 0 Å². The number of benzene rings is 2. The third kappa shape index (κ3) is 3.83. The molecule has 142 valence electrons. The number of hydrogen-bond donors (Lipinski definition) is 1. The first-order valence-electron chi connectivity index (χ1n) is 9.59. The quantitative estimate of drug-likeness (QED) is 0.697. The molecule has 1 aliphatic rings. The summed E-state index contributed by atoms with van der Waals surface area (Å²) in [6, 6.07) is 17.7. The molecule has 5 nitrogen and oxygen atoms in total. The van der Waals surface area contributed by atoms with Gasteiger partial charge in [0.2, 0.25) is 0 Å². The number of carbonyl (C=O) groups is 1. The summed E-state index contributed by atoms with van der Waals surface area (Å²) in [4.78, 5) is 19.2. The zero-order valence-electron chi connectivity index (χ0n) is 15.9. The van der Waals surface area contributed by atoms with Crippen LogP contribution in [0.5, 0.6) is 5.75 Å². The van der Waals surface area contributed by atoms with E-state index < -0.39 is 0 Å². The van der Waals surface area contributed by atoms with Crippen molar-refractivity contribution in [1.29, 1.82) is 0 Å². The minimum Gasteiger partial charge on any atom is -0.494 e. The maximum atomic E-state index is 13.1. The first kappa shape index (κ1) is 18.0. The van der Waals surface area contributed by atoms with Crippen LogP contribution >= 0.6 is 0 Å². The molecule has 1 aromatic heterocycles. The molecule has 0 spiro atoms. The molecular formula is C23H23N3O2. The Hall–Kier alpha value is -3.34. The molecule has 5 heteroatoms. The lowest BCUT2D eigenvalue weighted by Gasteiger charge is -2.29. The number of nitrogens with one attached hydrogen (secondary N) is 1. The molecule has 1 N–H and O–H groups in total. The van der Waals surface area contributed by atoms with Crippen molar-refractivity contribution in [2.75, 3.05) is 23.4 Å². The molecule has 0 saturated heterocycles. The Balaban J connectivity index is 1.53. The predicted octanol–water partition coefficient (Wildman–Crippen LogP) is 4.82. The Bertz CT molecular complexity index is 970. The van der Waals surface area contributed by atoms with Gasteiger partial charge in [0.1, 0.15) is 5.75 Å². The number of pyridine rings is 1. The highest BCUT2D eigenvalue weighted by Crippen LogP contribution is 2.28. The lowest BCUT2D eigenvalue weighted by atomic mass is 10.0. The van der Waals surface area contributed by atoms with Gasteiger partial charge in [0.05, 0.1) is 24.1 Å². The average molecular weight is 373 g/mol. The second-order valence-electron chi connectivity index (χ2n) is 6.73. The van der Waals surface area contributed by atoms with E-state index in [0.29, 0.717) is 12.2 Å². The van der Waals surface area contributed by atoms with E-state index in [0.717, 1.165) is 42.2 Å². The lowest BCUT2D eigenvalue weighted by molar-refractivity contribution is 0.0985. The van der Waals surface area contributed by atoms with Gasteiger partial charge in [0.25, 0.3) is 5.91 Å². The van der Waals surface area contributed by atoms with Crippen LogP contribution in [-0.4, -0.2) is 24.0 Å². The van der Waals surface area contributed by atoms with Gasteiger partial charge < -0.3 is 15.0 Å². The van der Waals surface area contributed by atoms with Crippen LogP contribution in [0.4, 0.5) is 17.1 Å². The number of rotatable bonds is 5. The van der Waals surface area contributed by atoms with Gasteiger partial charge in [-0.2, -0.15) is 0 Å². The molecular weight excluding hydrogens is 350 g/mol. The first-order valence-corrected chi connectivity index (χ1v) is 9.59. The Labute approximate surface area is 165 Å². The minimum absolute atomic E-state index is 0.0185. The Morgan fingerprint density at radius 2 is 1.93 bits per heavy atom. The Kier molecular flexibility index (Phi) is 5.24. The van der Waals surface area contributed by atoms with Crippen LogP contribution in [0.25, 0.3) is 0 Å². The zero-order valence-corrected chi connectivity index (χ0v) is 15.9. The molecule has 0 radical (unpaired) electrons. The average Bonchev–Trinajstić information content (AvgIpc) is 2.75. The molecule has 2 aromatic carbocycles. The van der Waals surface area contributed by atoms with E-state index in [-0.39, 0.29) is 5.91 Å². The summed E-state index contributed by atoms with van der Waals surface area (Å²) >= 11 is 0. The fraction of sp³-hybridized carbons (Fsp3) is 0.217. The van der Waals surface area contributed by atoms with Crippen molar-refractivity contribution >= 4 is 23.0 Å². The molecule has 0 unspecified atom stereocenters. The van der Waals surface area contributed by atoms with Crippen LogP contribution in [-0.2, 0) is 6.42 Å². The molecule has 0 fully saturated rings. The fourth-order valence-electron chi connectivity index (χ4n) is 3.49. The van der Waals surface area contributed by atoms with E-state index >= 15 is 0 Å². The van der Waals surface area contributed by atoms with Gasteiger partial charge in [-0.3, -0.25) is 9.78 Å². The van der Waals surface area contributed by atoms with E-state index in [9.17, 15) is 4.79 Å². The molecule has 2 heterocycles. The molecule has 0 aliphatic carbocycles. The van der Waals surface area contributed by atoms with E-state index in [1.54, 1.807) is 12.4 Å². The molecule has 0 bridgehead atoms. The van der Waals surface area contributed by atoms with Crippen molar-refractivity contribution in [2.24, 2.45) is 0 Å². The number of aromatic nitrogens is 1. The van der Waals surface area contributed by atoms with Crippen LogP contribution < -0.4 is 15.0 Å². The van der Waals surface area contributed by atoms with Crippen LogP contribution in [0.3, 0.4) is 0 Å². The maximum absolute atomic E-state index is 13.1. The summed E-state index contributed by atoms with van der Waals surface area (Å²) in [6.45, 7) is 3.33. The summed E-state index contributed by atoms with van der Waals surface area (Å²) in [5.74, 6) is 0.814. The Morgan fingerprint density at radius 1 is 1.11 bits per heavy atom. The van der Waals surface area contributed by atoms with Gasteiger partial charge in [-0.15, -0.1) is 0 Å². The standard InChI is InChI=1S/C23H23N3O2/c1-2-28-21-11-9-19(10-12-21)25-20-14-18(15-24-16-20)23(27)26-13-5-7-17-6-3-4-8-22(17)26/h3-4,6,8-12,14-16,25H,2,5,7,13H2,1H3. The number of nitrogens with zero attached hydrogens (tertiary/aromatic N) is 2. The second-order valence-corrected chi connectivity index (χ2v) is 6.73. The summed E-state index contributed by atoms with van der Waals surface area (Å²) < 4.78 is 5.47. The number of ether oxygens (including phenoxy) is 1. The van der Waals surface area contributed by atoms with E-state index in [1.165, 1.54) is 5.56 Å². The SMILES string of the molecule is CCOc1ccc(Nc2cncc(C(=O)N3CCCc4ccccc43)c2)cc1. The number of fused-ring (bicyclic) bond motifs is 1. The number of para-hydroxylation sites is 1. The maximum Gasteiger partial charge on any atom is 0.259 e. The van der Waals surface area contributed by atoms with E-state index in [2.05, 4.69) is 16.4 Å². The van der Waals surface area contributed by atoms with Crippen molar-refractivity contribution in [3.05, 3.63) is 78.1 Å². The van der Waals surface area contributed by atoms with Crippen molar-refractivity contribution < 1.29 is 9.53 Å².